The van der Waals surface area contributed by atoms with Crippen LogP contribution in [0.25, 0.3) is 0 Å². The van der Waals surface area contributed by atoms with Gasteiger partial charge in [0.2, 0.25) is 0 Å². The molecule has 0 spiro atoms. The van der Waals surface area contributed by atoms with Crippen LogP contribution in [0.2, 0.25) is 5.02 Å². The summed E-state index contributed by atoms with van der Waals surface area (Å²) in [6.07, 6.45) is 2.13. The number of ether oxygens (including phenoxy) is 1. The van der Waals surface area contributed by atoms with Gasteiger partial charge in [-0.15, -0.1) is 0 Å². The first-order valence-electron chi connectivity index (χ1n) is 7.35. The monoisotopic (exact) mass is 332 g/mol. The Bertz CT molecular complexity index is 765. The Kier molecular flexibility index (Phi) is 3.98. The van der Waals surface area contributed by atoms with Crippen molar-refractivity contribution >= 4 is 17.6 Å². The molecule has 2 unspecified atom stereocenters. The first-order valence-corrected chi connectivity index (χ1v) is 7.73. The number of nitrogens with zero attached hydrogens (tertiary/aromatic N) is 2. The normalized spacial score (nSPS) is 22.7. The third-order valence-corrected chi connectivity index (χ3v) is 4.65. The van der Waals surface area contributed by atoms with Crippen LogP contribution in [0.15, 0.2) is 30.5 Å². The zero-order valence-corrected chi connectivity index (χ0v) is 13.7. The highest BCUT2D eigenvalue weighted by atomic mass is 35.5. The Hall–Kier alpha value is -2.14. The molecular weight excluding hydrogens is 316 g/mol. The maximum Gasteiger partial charge on any atom is 0.307 e. The molecule has 23 heavy (non-hydrogen) atoms. The molecule has 0 aliphatic heterocycles. The van der Waals surface area contributed by atoms with Gasteiger partial charge >= 0.3 is 5.97 Å². The number of aromatic nitrogens is 2. The number of carbonyl (C=O) groups is 1. The highest BCUT2D eigenvalue weighted by Crippen LogP contribution is 2.56. The standard InChI is InChI=1S/C17H17ClN2O3/c1-10-15(8-19-11(2)20-10)23-9-17(7-13(17)16(21)22)12-5-3-4-6-14(12)18/h3-6,8,13H,7,9H2,1-2H3,(H,21,22). The molecule has 2 atom stereocenters. The van der Waals surface area contributed by atoms with Crippen molar-refractivity contribution in [3.05, 3.63) is 52.6 Å². The number of rotatable bonds is 5. The van der Waals surface area contributed by atoms with Crippen LogP contribution in [-0.4, -0.2) is 27.7 Å². The Morgan fingerprint density at radius 1 is 1.43 bits per heavy atom. The summed E-state index contributed by atoms with van der Waals surface area (Å²) >= 11 is 6.28. The van der Waals surface area contributed by atoms with E-state index in [4.69, 9.17) is 16.3 Å². The predicted molar refractivity (Wildman–Crippen MR) is 85.9 cm³/mol. The van der Waals surface area contributed by atoms with E-state index in [0.29, 0.717) is 23.0 Å². The molecule has 1 aliphatic carbocycles. The fourth-order valence-electron chi connectivity index (χ4n) is 2.95. The summed E-state index contributed by atoms with van der Waals surface area (Å²) in [7, 11) is 0. The molecule has 1 aromatic heterocycles. The van der Waals surface area contributed by atoms with Crippen molar-refractivity contribution in [1.29, 1.82) is 0 Å². The first kappa shape index (κ1) is 15.7. The lowest BCUT2D eigenvalue weighted by atomic mass is 9.94. The average Bonchev–Trinajstić information content (AvgIpc) is 3.23. The van der Waals surface area contributed by atoms with E-state index in [2.05, 4.69) is 9.97 Å². The number of carboxylic acid groups (broad SMARTS) is 1. The number of carboxylic acids is 1. The third kappa shape index (κ3) is 2.88. The summed E-state index contributed by atoms with van der Waals surface area (Å²) in [6.45, 7) is 3.89. The highest BCUT2D eigenvalue weighted by Gasteiger charge is 2.61. The van der Waals surface area contributed by atoms with Crippen molar-refractivity contribution in [2.24, 2.45) is 5.92 Å². The van der Waals surface area contributed by atoms with Crippen LogP contribution in [-0.2, 0) is 10.2 Å². The van der Waals surface area contributed by atoms with Gasteiger partial charge in [-0.2, -0.15) is 0 Å². The van der Waals surface area contributed by atoms with E-state index in [1.165, 1.54) is 0 Å². The van der Waals surface area contributed by atoms with Gasteiger partial charge in [0.25, 0.3) is 0 Å². The molecule has 1 fully saturated rings. The molecule has 6 heteroatoms. The van der Waals surface area contributed by atoms with Crippen molar-refractivity contribution < 1.29 is 14.6 Å². The summed E-state index contributed by atoms with van der Waals surface area (Å²) in [6, 6.07) is 7.33. The molecule has 0 saturated heterocycles. The maximum absolute atomic E-state index is 11.5. The van der Waals surface area contributed by atoms with Gasteiger partial charge in [0.15, 0.2) is 5.75 Å². The Morgan fingerprint density at radius 3 is 2.78 bits per heavy atom. The number of aryl methyl sites for hydroxylation is 2. The number of benzene rings is 1. The fourth-order valence-corrected chi connectivity index (χ4v) is 3.27. The summed E-state index contributed by atoms with van der Waals surface area (Å²) in [5.41, 5.74) is 0.959. The van der Waals surface area contributed by atoms with Crippen LogP contribution in [0.5, 0.6) is 5.75 Å². The SMILES string of the molecule is Cc1ncc(OCC2(c3ccccc3Cl)CC2C(=O)O)c(C)n1. The lowest BCUT2D eigenvalue weighted by Gasteiger charge is -2.19. The van der Waals surface area contributed by atoms with Crippen LogP contribution in [0.3, 0.4) is 0 Å². The Morgan fingerprint density at radius 2 is 2.17 bits per heavy atom. The van der Waals surface area contributed by atoms with E-state index >= 15 is 0 Å². The minimum absolute atomic E-state index is 0.237. The summed E-state index contributed by atoms with van der Waals surface area (Å²) in [5.74, 6) is -0.0805. The first-order chi connectivity index (χ1) is 10.9. The van der Waals surface area contributed by atoms with E-state index in [9.17, 15) is 9.90 Å². The van der Waals surface area contributed by atoms with Crippen molar-refractivity contribution in [3.8, 4) is 5.75 Å². The largest absolute Gasteiger partial charge is 0.489 e. The van der Waals surface area contributed by atoms with Gasteiger partial charge in [0.05, 0.1) is 24.4 Å². The second-order valence-corrected chi connectivity index (χ2v) is 6.29. The molecule has 1 aliphatic rings. The lowest BCUT2D eigenvalue weighted by molar-refractivity contribution is -0.139. The molecule has 0 bridgehead atoms. The van der Waals surface area contributed by atoms with Crippen LogP contribution in [0.4, 0.5) is 0 Å². The van der Waals surface area contributed by atoms with Crippen LogP contribution < -0.4 is 4.74 Å². The zero-order chi connectivity index (χ0) is 16.6. The molecule has 1 heterocycles. The van der Waals surface area contributed by atoms with Crippen molar-refractivity contribution in [2.75, 3.05) is 6.61 Å². The molecule has 1 N–H and O–H groups in total. The molecule has 3 rings (SSSR count). The number of aliphatic carboxylic acids is 1. The number of halogens is 1. The van der Waals surface area contributed by atoms with E-state index in [-0.39, 0.29) is 6.61 Å². The number of hydrogen-bond donors (Lipinski definition) is 1. The minimum Gasteiger partial charge on any atom is -0.489 e. The predicted octanol–water partition coefficient (Wildman–Crippen LogP) is 3.17. The van der Waals surface area contributed by atoms with Gasteiger partial charge in [-0.05, 0) is 31.9 Å². The Balaban J connectivity index is 1.87. The summed E-state index contributed by atoms with van der Waals surface area (Å²) < 4.78 is 5.86. The second-order valence-electron chi connectivity index (χ2n) is 5.89. The molecular formula is C17H17ClN2O3. The molecule has 5 nitrogen and oxygen atoms in total. The zero-order valence-electron chi connectivity index (χ0n) is 12.9. The average molecular weight is 333 g/mol. The van der Waals surface area contributed by atoms with Gasteiger partial charge in [0.1, 0.15) is 5.82 Å². The van der Waals surface area contributed by atoms with E-state index in [0.717, 1.165) is 11.3 Å². The van der Waals surface area contributed by atoms with Crippen LogP contribution >= 0.6 is 11.6 Å². The van der Waals surface area contributed by atoms with E-state index in [1.807, 2.05) is 32.0 Å². The molecule has 1 saturated carbocycles. The van der Waals surface area contributed by atoms with Gasteiger partial charge in [-0.25, -0.2) is 9.97 Å². The smallest absolute Gasteiger partial charge is 0.307 e. The molecule has 2 aromatic rings. The van der Waals surface area contributed by atoms with Gasteiger partial charge in [-0.3, -0.25) is 4.79 Å². The second kappa shape index (κ2) is 5.81. The number of hydrogen-bond acceptors (Lipinski definition) is 4. The Labute approximate surface area is 139 Å². The van der Waals surface area contributed by atoms with Crippen molar-refractivity contribution in [3.63, 3.8) is 0 Å². The van der Waals surface area contributed by atoms with Crippen LogP contribution in [0.1, 0.15) is 23.5 Å². The van der Waals surface area contributed by atoms with Crippen LogP contribution in [0, 0.1) is 19.8 Å². The van der Waals surface area contributed by atoms with Gasteiger partial charge < -0.3 is 9.84 Å². The maximum atomic E-state index is 11.5. The van der Waals surface area contributed by atoms with E-state index < -0.39 is 17.3 Å². The fraction of sp³-hybridized carbons (Fsp3) is 0.353. The van der Waals surface area contributed by atoms with Crippen molar-refractivity contribution in [2.45, 2.75) is 25.7 Å². The molecule has 1 aromatic carbocycles. The molecule has 0 radical (unpaired) electrons. The van der Waals surface area contributed by atoms with Gasteiger partial charge in [-0.1, -0.05) is 29.8 Å². The molecule has 120 valence electrons. The quantitative estimate of drug-likeness (QED) is 0.910. The van der Waals surface area contributed by atoms with E-state index in [1.54, 1.807) is 12.3 Å². The van der Waals surface area contributed by atoms with Gasteiger partial charge in [0, 0.05) is 10.4 Å². The highest BCUT2D eigenvalue weighted by molar-refractivity contribution is 6.31. The van der Waals surface area contributed by atoms with Crippen molar-refractivity contribution in [1.82, 2.24) is 9.97 Å². The minimum atomic E-state index is -0.828. The third-order valence-electron chi connectivity index (χ3n) is 4.32. The topological polar surface area (TPSA) is 72.3 Å². The molecule has 0 amide bonds. The summed E-state index contributed by atoms with van der Waals surface area (Å²) in [4.78, 5) is 19.8. The summed E-state index contributed by atoms with van der Waals surface area (Å²) in [5, 5.41) is 9.97. The lowest BCUT2D eigenvalue weighted by Crippen LogP contribution is -2.24.